The predicted octanol–water partition coefficient (Wildman–Crippen LogP) is 10.9. The molecule has 7 aromatic rings. The number of nitrogens with zero attached hydrogens (tertiary/aromatic N) is 3. The molecule has 57 heavy (non-hydrogen) atoms. The number of halogens is 2. The average molecular weight is 798 g/mol. The monoisotopic (exact) mass is 796 g/mol. The molecule has 2 aliphatic rings. The molecule has 0 aliphatic carbocycles. The van der Waals surface area contributed by atoms with Gasteiger partial charge in [0, 0.05) is 40.3 Å². The number of nitrogens with one attached hydrogen (secondary N) is 1. The smallest absolute Gasteiger partial charge is 0.347 e. The summed E-state index contributed by atoms with van der Waals surface area (Å²) in [5.41, 5.74) is 2.47. The van der Waals surface area contributed by atoms with Gasteiger partial charge in [0.2, 0.25) is 5.89 Å². The van der Waals surface area contributed by atoms with Crippen LogP contribution in [0.2, 0.25) is 10.0 Å². The maximum Gasteiger partial charge on any atom is 0.347 e. The Morgan fingerprint density at radius 2 is 1.35 bits per heavy atom. The summed E-state index contributed by atoms with van der Waals surface area (Å²) >= 11 is 12.2. The van der Waals surface area contributed by atoms with Crippen LogP contribution in [0.4, 0.5) is 5.69 Å². The highest BCUT2D eigenvalue weighted by Gasteiger charge is 2.31. The molecule has 2 aliphatic heterocycles. The molecule has 3 heterocycles. The van der Waals surface area contributed by atoms with Gasteiger partial charge in [-0.25, -0.2) is 9.78 Å². The van der Waals surface area contributed by atoms with Gasteiger partial charge in [0.25, 0.3) is 11.8 Å². The molecular weight excluding hydrogens is 755 g/mol. The third kappa shape index (κ3) is 8.59. The zero-order chi connectivity index (χ0) is 39.3. The van der Waals surface area contributed by atoms with Gasteiger partial charge in [0.05, 0.1) is 22.2 Å². The van der Waals surface area contributed by atoms with E-state index in [4.69, 9.17) is 27.6 Å². The van der Waals surface area contributed by atoms with E-state index in [1.807, 2.05) is 89.8 Å². The summed E-state index contributed by atoms with van der Waals surface area (Å²) in [7, 11) is 0. The molecule has 1 N–H and O–H groups in total. The first-order valence-corrected chi connectivity index (χ1v) is 20.3. The number of carbonyl (C=O) groups excluding carboxylic acids is 2. The third-order valence-electron chi connectivity index (χ3n) is 10.9. The van der Waals surface area contributed by atoms with Crippen LogP contribution in [0.3, 0.4) is 0 Å². The highest BCUT2D eigenvalue weighted by atomic mass is 35.5. The van der Waals surface area contributed by atoms with Crippen LogP contribution in [0, 0.1) is 0 Å². The van der Waals surface area contributed by atoms with Crippen LogP contribution >= 0.6 is 23.2 Å². The number of piperidine rings is 2. The minimum Gasteiger partial charge on any atom is -0.403 e. The van der Waals surface area contributed by atoms with Crippen LogP contribution in [0.1, 0.15) is 59.2 Å². The zero-order valence-corrected chi connectivity index (χ0v) is 32.9. The molecule has 2 amide bonds. The fraction of sp³-hybridized carbons (Fsp3) is 0.234. The maximum atomic E-state index is 13.9. The van der Waals surface area contributed by atoms with Crippen molar-refractivity contribution >= 4 is 73.2 Å². The molecule has 1 atom stereocenters. The SMILES string of the molecule is O=C(Nc1ccc(Cl)cc1C(=O)N1CCCCC1CN1CCCCC1)c1cccc2ccccc12.O=c1oc(-c2cccc3ccccc23)nc2ccc(Cl)cc12. The number of fused-ring (bicyclic) bond motifs is 3. The van der Waals surface area contributed by atoms with E-state index >= 15 is 0 Å². The molecule has 288 valence electrons. The summed E-state index contributed by atoms with van der Waals surface area (Å²) in [5, 5.41) is 8.31. The molecule has 2 saturated heterocycles. The first-order valence-electron chi connectivity index (χ1n) is 19.5. The Morgan fingerprint density at radius 3 is 2.16 bits per heavy atom. The van der Waals surface area contributed by atoms with Gasteiger partial charge in [-0.2, -0.15) is 0 Å². The molecule has 9 rings (SSSR count). The lowest BCUT2D eigenvalue weighted by Crippen LogP contribution is -2.50. The van der Waals surface area contributed by atoms with Crippen LogP contribution in [-0.2, 0) is 0 Å². The first-order chi connectivity index (χ1) is 27.8. The van der Waals surface area contributed by atoms with Gasteiger partial charge in [-0.1, -0.05) is 102 Å². The second kappa shape index (κ2) is 17.3. The largest absolute Gasteiger partial charge is 0.403 e. The molecule has 6 aromatic carbocycles. The van der Waals surface area contributed by atoms with Crippen LogP contribution in [0.25, 0.3) is 43.9 Å². The minimum absolute atomic E-state index is 0.0533. The van der Waals surface area contributed by atoms with Crippen molar-refractivity contribution in [2.45, 2.75) is 44.6 Å². The molecule has 10 heteroatoms. The molecule has 1 unspecified atom stereocenters. The van der Waals surface area contributed by atoms with Gasteiger partial charge in [0.15, 0.2) is 0 Å². The Bertz CT molecular complexity index is 2650. The Balaban J connectivity index is 0.000000177. The lowest BCUT2D eigenvalue weighted by molar-refractivity contribution is 0.0530. The van der Waals surface area contributed by atoms with Crippen molar-refractivity contribution in [3.05, 3.63) is 153 Å². The van der Waals surface area contributed by atoms with Gasteiger partial charge in [0.1, 0.15) is 0 Å². The van der Waals surface area contributed by atoms with Crippen LogP contribution < -0.4 is 10.9 Å². The van der Waals surface area contributed by atoms with E-state index in [1.54, 1.807) is 36.4 Å². The van der Waals surface area contributed by atoms with E-state index in [0.717, 1.165) is 72.5 Å². The Hall–Kier alpha value is -5.54. The fourth-order valence-electron chi connectivity index (χ4n) is 8.04. The van der Waals surface area contributed by atoms with E-state index < -0.39 is 5.63 Å². The van der Waals surface area contributed by atoms with Crippen molar-refractivity contribution in [2.75, 3.05) is 31.5 Å². The van der Waals surface area contributed by atoms with Crippen molar-refractivity contribution in [2.24, 2.45) is 0 Å². The van der Waals surface area contributed by atoms with Crippen LogP contribution in [0.15, 0.2) is 131 Å². The Kier molecular flexibility index (Phi) is 11.6. The number of rotatable bonds is 6. The predicted molar refractivity (Wildman–Crippen MR) is 231 cm³/mol. The number of amides is 2. The van der Waals surface area contributed by atoms with Gasteiger partial charge in [-0.15, -0.1) is 0 Å². The zero-order valence-electron chi connectivity index (χ0n) is 31.4. The lowest BCUT2D eigenvalue weighted by Gasteiger charge is -2.40. The highest BCUT2D eigenvalue weighted by molar-refractivity contribution is 6.31. The normalized spacial score (nSPS) is 16.0. The van der Waals surface area contributed by atoms with Crippen LogP contribution in [-0.4, -0.2) is 58.8 Å². The number of anilines is 1. The van der Waals surface area contributed by atoms with Crippen molar-refractivity contribution in [3.8, 4) is 11.5 Å². The maximum absolute atomic E-state index is 13.9. The molecule has 0 saturated carbocycles. The molecule has 0 bridgehead atoms. The molecular formula is C47H42Cl2N4O4. The molecule has 1 aromatic heterocycles. The van der Waals surface area contributed by atoms with E-state index in [2.05, 4.69) is 15.2 Å². The molecule has 2 fully saturated rings. The second-order valence-corrected chi connectivity index (χ2v) is 15.5. The van der Waals surface area contributed by atoms with Gasteiger partial charge in [-0.3, -0.25) is 9.59 Å². The van der Waals surface area contributed by atoms with Gasteiger partial charge in [-0.05, 0) is 115 Å². The highest BCUT2D eigenvalue weighted by Crippen LogP contribution is 2.30. The number of aromatic nitrogens is 1. The number of carbonyl (C=O) groups is 2. The fourth-order valence-corrected chi connectivity index (χ4v) is 8.38. The van der Waals surface area contributed by atoms with E-state index in [-0.39, 0.29) is 17.9 Å². The molecule has 0 radical (unpaired) electrons. The molecule has 0 spiro atoms. The summed E-state index contributed by atoms with van der Waals surface area (Å²) in [4.78, 5) is 48.3. The first kappa shape index (κ1) is 38.3. The topological polar surface area (TPSA) is 95.8 Å². The van der Waals surface area contributed by atoms with Crippen molar-refractivity contribution in [1.82, 2.24) is 14.8 Å². The quantitative estimate of drug-likeness (QED) is 0.180. The number of likely N-dealkylation sites (tertiary alicyclic amines) is 2. The standard InChI is InChI=1S/C29H32ClN3O2.C18H10ClNO2/c30-22-14-15-27(31-28(34)25-13-8-10-21-9-2-3-12-24(21)25)26(19-22)29(35)33-18-7-4-11-23(33)20-32-16-5-1-6-17-32;19-12-8-9-16-15(10-12)18(21)22-17(20-16)14-7-3-5-11-4-1-2-6-13(11)14/h2-3,8-10,12-15,19,23H,1,4-7,11,16-18,20H2,(H,31,34);1-10H. The average Bonchev–Trinajstić information content (AvgIpc) is 3.24. The van der Waals surface area contributed by atoms with Crippen molar-refractivity contribution in [1.29, 1.82) is 0 Å². The summed E-state index contributed by atoms with van der Waals surface area (Å²) in [6.07, 6.45) is 6.92. The number of benzene rings is 6. The summed E-state index contributed by atoms with van der Waals surface area (Å²) in [6.45, 7) is 3.88. The van der Waals surface area contributed by atoms with Crippen molar-refractivity contribution < 1.29 is 14.0 Å². The van der Waals surface area contributed by atoms with Crippen molar-refractivity contribution in [3.63, 3.8) is 0 Å². The van der Waals surface area contributed by atoms with E-state index in [0.29, 0.717) is 43.7 Å². The summed E-state index contributed by atoms with van der Waals surface area (Å²) in [6, 6.07) is 37.6. The Morgan fingerprint density at radius 1 is 0.684 bits per heavy atom. The number of hydrogen-bond donors (Lipinski definition) is 1. The second-order valence-electron chi connectivity index (χ2n) is 14.7. The summed E-state index contributed by atoms with van der Waals surface area (Å²) < 4.78 is 5.41. The minimum atomic E-state index is -0.435. The van der Waals surface area contributed by atoms with Gasteiger partial charge >= 0.3 is 5.63 Å². The summed E-state index contributed by atoms with van der Waals surface area (Å²) in [5.74, 6) is 0.0285. The number of hydrogen-bond acceptors (Lipinski definition) is 6. The van der Waals surface area contributed by atoms with E-state index in [9.17, 15) is 14.4 Å². The molecule has 8 nitrogen and oxygen atoms in total. The lowest BCUT2D eigenvalue weighted by atomic mass is 9.98. The van der Waals surface area contributed by atoms with E-state index in [1.165, 1.54) is 19.3 Å². The Labute approximate surface area is 341 Å². The third-order valence-corrected chi connectivity index (χ3v) is 11.4. The van der Waals surface area contributed by atoms with Gasteiger partial charge < -0.3 is 19.5 Å². The van der Waals surface area contributed by atoms with Crippen LogP contribution in [0.5, 0.6) is 0 Å².